The summed E-state index contributed by atoms with van der Waals surface area (Å²) in [6, 6.07) is 11.8. The Bertz CT molecular complexity index is 773. The Hall–Kier alpha value is -2.76. The van der Waals surface area contributed by atoms with Gasteiger partial charge in [-0.25, -0.2) is 8.78 Å². The van der Waals surface area contributed by atoms with E-state index in [9.17, 15) is 13.6 Å². The van der Waals surface area contributed by atoms with Crippen LogP contribution in [0.3, 0.4) is 0 Å². The van der Waals surface area contributed by atoms with Crippen molar-refractivity contribution >= 4 is 11.6 Å². The van der Waals surface area contributed by atoms with Gasteiger partial charge in [0.15, 0.2) is 0 Å². The molecule has 0 aliphatic carbocycles. The Morgan fingerprint density at radius 2 is 1.71 bits per heavy atom. The summed E-state index contributed by atoms with van der Waals surface area (Å²) in [5, 5.41) is 6.72. The molecule has 1 N–H and O–H groups in total. The zero-order chi connectivity index (χ0) is 17.2. The number of oxime groups is 1. The molecule has 6 heteroatoms. The average molecular weight is 330 g/mol. The van der Waals surface area contributed by atoms with Gasteiger partial charge in [-0.15, -0.1) is 0 Å². The maximum Gasteiger partial charge on any atom is 0.267 e. The fourth-order valence-corrected chi connectivity index (χ4v) is 2.43. The third kappa shape index (κ3) is 3.42. The lowest BCUT2D eigenvalue weighted by Gasteiger charge is -2.20. The van der Waals surface area contributed by atoms with Crippen LogP contribution >= 0.6 is 0 Å². The number of amides is 1. The number of halogens is 2. The highest BCUT2D eigenvalue weighted by atomic mass is 19.1. The fourth-order valence-electron chi connectivity index (χ4n) is 2.43. The van der Waals surface area contributed by atoms with Crippen molar-refractivity contribution in [2.45, 2.75) is 25.5 Å². The van der Waals surface area contributed by atoms with Gasteiger partial charge in [-0.05, 0) is 42.3 Å². The van der Waals surface area contributed by atoms with Gasteiger partial charge in [-0.3, -0.25) is 4.79 Å². The highest BCUT2D eigenvalue weighted by molar-refractivity contribution is 6.05. The molecular weight excluding hydrogens is 314 g/mol. The summed E-state index contributed by atoms with van der Waals surface area (Å²) in [6.45, 7) is 1.91. The average Bonchev–Trinajstić information content (AvgIpc) is 2.98. The molecule has 0 saturated heterocycles. The summed E-state index contributed by atoms with van der Waals surface area (Å²) in [7, 11) is 0. The van der Waals surface area contributed by atoms with Crippen LogP contribution in [0.25, 0.3) is 0 Å². The fraction of sp³-hybridized carbons (Fsp3) is 0.222. The number of carbonyl (C=O) groups excluding carboxylic acids is 1. The van der Waals surface area contributed by atoms with E-state index in [1.807, 2.05) is 0 Å². The van der Waals surface area contributed by atoms with Gasteiger partial charge in [0.05, 0.1) is 5.71 Å². The van der Waals surface area contributed by atoms with E-state index < -0.39 is 5.60 Å². The number of benzene rings is 2. The summed E-state index contributed by atoms with van der Waals surface area (Å²) < 4.78 is 25.9. The highest BCUT2D eigenvalue weighted by Gasteiger charge is 2.42. The van der Waals surface area contributed by atoms with Crippen molar-refractivity contribution in [1.29, 1.82) is 0 Å². The van der Waals surface area contributed by atoms with Crippen LogP contribution < -0.4 is 5.32 Å². The molecule has 1 atom stereocenters. The van der Waals surface area contributed by atoms with E-state index in [-0.39, 0.29) is 30.5 Å². The molecule has 0 aromatic heterocycles. The summed E-state index contributed by atoms with van der Waals surface area (Å²) >= 11 is 0. The molecule has 0 bridgehead atoms. The Morgan fingerprint density at radius 3 is 2.33 bits per heavy atom. The first-order valence-corrected chi connectivity index (χ1v) is 7.50. The standard InChI is InChI=1S/C18H16F2N2O2/c1-18(17(23)21-11-12-2-6-14(19)7-3-12)10-16(22-24-18)13-4-8-15(20)9-5-13/h2-9H,10-11H2,1H3,(H,21,23)/t18-/m0/s1. The molecule has 0 saturated carbocycles. The molecule has 2 aromatic carbocycles. The monoisotopic (exact) mass is 330 g/mol. The predicted molar refractivity (Wildman–Crippen MR) is 85.3 cm³/mol. The van der Waals surface area contributed by atoms with Gasteiger partial charge >= 0.3 is 0 Å². The first-order valence-electron chi connectivity index (χ1n) is 7.50. The summed E-state index contributed by atoms with van der Waals surface area (Å²) in [5.41, 5.74) is 0.968. The van der Waals surface area contributed by atoms with Crippen molar-refractivity contribution in [2.75, 3.05) is 0 Å². The minimum absolute atomic E-state index is 0.268. The van der Waals surface area contributed by atoms with Gasteiger partial charge in [0, 0.05) is 13.0 Å². The molecule has 24 heavy (non-hydrogen) atoms. The van der Waals surface area contributed by atoms with Gasteiger partial charge < -0.3 is 10.2 Å². The SMILES string of the molecule is C[C@@]1(C(=O)NCc2ccc(F)cc2)CC(c2ccc(F)cc2)=NO1. The first-order chi connectivity index (χ1) is 11.5. The van der Waals surface area contributed by atoms with Gasteiger partial charge in [0.1, 0.15) is 11.6 Å². The number of hydrogen-bond acceptors (Lipinski definition) is 3. The molecule has 4 nitrogen and oxygen atoms in total. The van der Waals surface area contributed by atoms with E-state index >= 15 is 0 Å². The Balaban J connectivity index is 1.61. The van der Waals surface area contributed by atoms with Gasteiger partial charge in [-0.1, -0.05) is 29.4 Å². The minimum Gasteiger partial charge on any atom is -0.379 e. The molecule has 0 unspecified atom stereocenters. The van der Waals surface area contributed by atoms with Crippen LogP contribution in [0.15, 0.2) is 53.7 Å². The highest BCUT2D eigenvalue weighted by Crippen LogP contribution is 2.27. The van der Waals surface area contributed by atoms with Crippen LogP contribution in [0.4, 0.5) is 8.78 Å². The van der Waals surface area contributed by atoms with Crippen LogP contribution in [0.2, 0.25) is 0 Å². The summed E-state index contributed by atoms with van der Waals surface area (Å²) in [4.78, 5) is 17.7. The molecule has 1 heterocycles. The maximum atomic E-state index is 13.0. The molecule has 3 rings (SSSR count). The molecule has 2 aromatic rings. The number of carbonyl (C=O) groups is 1. The van der Waals surface area contributed by atoms with Gasteiger partial charge in [-0.2, -0.15) is 0 Å². The van der Waals surface area contributed by atoms with Crippen molar-refractivity contribution in [3.8, 4) is 0 Å². The van der Waals surface area contributed by atoms with Crippen molar-refractivity contribution in [3.05, 3.63) is 71.3 Å². The van der Waals surface area contributed by atoms with Crippen LogP contribution in [0, 0.1) is 11.6 Å². The van der Waals surface area contributed by atoms with Crippen LogP contribution in [0.1, 0.15) is 24.5 Å². The predicted octanol–water partition coefficient (Wildman–Crippen LogP) is 3.16. The van der Waals surface area contributed by atoms with Crippen molar-refractivity contribution in [3.63, 3.8) is 0 Å². The first kappa shape index (κ1) is 16.1. The molecular formula is C18H16F2N2O2. The van der Waals surface area contributed by atoms with Crippen molar-refractivity contribution in [1.82, 2.24) is 5.32 Å². The number of hydrogen-bond donors (Lipinski definition) is 1. The lowest BCUT2D eigenvalue weighted by atomic mass is 9.95. The van der Waals surface area contributed by atoms with E-state index in [4.69, 9.17) is 4.84 Å². The Labute approximate surface area is 138 Å². The molecule has 1 aliphatic heterocycles. The number of rotatable bonds is 4. The Morgan fingerprint density at radius 1 is 1.12 bits per heavy atom. The Kier molecular flexibility index (Phi) is 4.29. The second-order valence-electron chi connectivity index (χ2n) is 5.85. The smallest absolute Gasteiger partial charge is 0.267 e. The summed E-state index contributed by atoms with van der Waals surface area (Å²) in [6.07, 6.45) is 0.286. The molecule has 1 amide bonds. The lowest BCUT2D eigenvalue weighted by molar-refractivity contribution is -0.141. The third-order valence-electron chi connectivity index (χ3n) is 3.89. The zero-order valence-electron chi connectivity index (χ0n) is 13.1. The van der Waals surface area contributed by atoms with Gasteiger partial charge in [0.2, 0.25) is 5.60 Å². The third-order valence-corrected chi connectivity index (χ3v) is 3.89. The normalized spacial score (nSPS) is 19.5. The number of nitrogens with one attached hydrogen (secondary N) is 1. The topological polar surface area (TPSA) is 50.7 Å². The second-order valence-corrected chi connectivity index (χ2v) is 5.85. The summed E-state index contributed by atoms with van der Waals surface area (Å²) in [5.74, 6) is -0.973. The molecule has 0 radical (unpaired) electrons. The molecule has 124 valence electrons. The zero-order valence-corrected chi connectivity index (χ0v) is 13.1. The minimum atomic E-state index is -1.12. The van der Waals surface area contributed by atoms with E-state index in [2.05, 4.69) is 10.5 Å². The van der Waals surface area contributed by atoms with Crippen LogP contribution in [-0.4, -0.2) is 17.2 Å². The number of nitrogens with zero attached hydrogens (tertiary/aromatic N) is 1. The quantitative estimate of drug-likeness (QED) is 0.936. The van der Waals surface area contributed by atoms with E-state index in [1.165, 1.54) is 24.3 Å². The van der Waals surface area contributed by atoms with Crippen molar-refractivity contribution in [2.24, 2.45) is 5.16 Å². The van der Waals surface area contributed by atoms with Gasteiger partial charge in [0.25, 0.3) is 5.91 Å². The molecule has 1 aliphatic rings. The van der Waals surface area contributed by atoms with E-state index in [0.29, 0.717) is 11.3 Å². The lowest BCUT2D eigenvalue weighted by Crippen LogP contribution is -2.44. The van der Waals surface area contributed by atoms with E-state index in [1.54, 1.807) is 31.2 Å². The molecule has 0 fully saturated rings. The van der Waals surface area contributed by atoms with Crippen molar-refractivity contribution < 1.29 is 18.4 Å². The van der Waals surface area contributed by atoms with Crippen LogP contribution in [-0.2, 0) is 16.2 Å². The maximum absolute atomic E-state index is 13.0. The largest absolute Gasteiger partial charge is 0.379 e. The molecule has 0 spiro atoms. The van der Waals surface area contributed by atoms with E-state index in [0.717, 1.165) is 5.56 Å². The second kappa shape index (κ2) is 6.39. The van der Waals surface area contributed by atoms with Crippen LogP contribution in [0.5, 0.6) is 0 Å².